The smallest absolute Gasteiger partial charge is 0.329 e. The van der Waals surface area contributed by atoms with Gasteiger partial charge in [-0.3, -0.25) is 4.79 Å². The van der Waals surface area contributed by atoms with Crippen molar-refractivity contribution in [2.75, 3.05) is 27.2 Å². The van der Waals surface area contributed by atoms with Crippen LogP contribution in [0, 0.1) is 0 Å². The zero-order chi connectivity index (χ0) is 9.84. The van der Waals surface area contributed by atoms with Crippen molar-refractivity contribution in [2.45, 2.75) is 12.5 Å². The fraction of sp³-hybridized carbons (Fsp3) is 0.750. The van der Waals surface area contributed by atoms with E-state index in [0.29, 0.717) is 19.5 Å². The molecule has 0 saturated carbocycles. The molecule has 13 heavy (non-hydrogen) atoms. The number of hydrogen-bond donors (Lipinski definition) is 1. The first-order valence-electron chi connectivity index (χ1n) is 4.19. The van der Waals surface area contributed by atoms with Gasteiger partial charge in [-0.2, -0.15) is 0 Å². The van der Waals surface area contributed by atoms with E-state index in [4.69, 9.17) is 0 Å². The summed E-state index contributed by atoms with van der Waals surface area (Å²) in [6.07, 6.45) is 0.435. The quantitative estimate of drug-likeness (QED) is 0.532. The molecular weight excluding hydrogens is 172 g/mol. The summed E-state index contributed by atoms with van der Waals surface area (Å²) in [5.41, 5.74) is 0. The highest BCUT2D eigenvalue weighted by atomic mass is 16.5. The lowest BCUT2D eigenvalue weighted by molar-refractivity contribution is -0.144. The molecule has 1 aliphatic rings. The van der Waals surface area contributed by atoms with Crippen LogP contribution in [0.15, 0.2) is 0 Å². The van der Waals surface area contributed by atoms with Crippen molar-refractivity contribution in [3.63, 3.8) is 0 Å². The van der Waals surface area contributed by atoms with Gasteiger partial charge in [-0.05, 0) is 7.05 Å². The standard InChI is InChI=1S/C8H14N2O3/c1-10-4-3-7(11)9-6(5-10)8(12)13-2/h6H,3-5H2,1-2H3,(H,9,11). The second kappa shape index (κ2) is 4.23. The molecule has 0 spiro atoms. The Morgan fingerprint density at radius 1 is 1.69 bits per heavy atom. The van der Waals surface area contributed by atoms with Crippen LogP contribution in [-0.2, 0) is 14.3 Å². The number of nitrogens with zero attached hydrogens (tertiary/aromatic N) is 1. The Morgan fingerprint density at radius 2 is 2.38 bits per heavy atom. The normalized spacial score (nSPS) is 24.8. The molecule has 1 N–H and O–H groups in total. The molecule has 1 aliphatic heterocycles. The number of likely N-dealkylation sites (N-methyl/N-ethyl adjacent to an activating group) is 1. The van der Waals surface area contributed by atoms with Crippen LogP contribution < -0.4 is 5.32 Å². The van der Waals surface area contributed by atoms with Crippen LogP contribution in [0.2, 0.25) is 0 Å². The van der Waals surface area contributed by atoms with Gasteiger partial charge in [0.25, 0.3) is 0 Å². The number of methoxy groups -OCH3 is 1. The summed E-state index contributed by atoms with van der Waals surface area (Å²) < 4.78 is 4.56. The fourth-order valence-corrected chi connectivity index (χ4v) is 1.28. The second-order valence-corrected chi connectivity index (χ2v) is 3.16. The lowest BCUT2D eigenvalue weighted by Gasteiger charge is -2.17. The molecule has 1 atom stereocenters. The highest BCUT2D eigenvalue weighted by molar-refractivity contribution is 5.85. The molecule has 1 unspecified atom stereocenters. The van der Waals surface area contributed by atoms with Crippen LogP contribution in [0.5, 0.6) is 0 Å². The molecule has 1 heterocycles. The summed E-state index contributed by atoms with van der Waals surface area (Å²) in [7, 11) is 3.19. The maximum atomic E-state index is 11.1. The van der Waals surface area contributed by atoms with E-state index in [0.717, 1.165) is 0 Å². The molecule has 0 bridgehead atoms. The first-order valence-corrected chi connectivity index (χ1v) is 4.19. The van der Waals surface area contributed by atoms with Gasteiger partial charge in [-0.1, -0.05) is 0 Å². The SMILES string of the molecule is COC(=O)C1CN(C)CCC(=O)N1. The Bertz CT molecular complexity index is 217. The topological polar surface area (TPSA) is 58.6 Å². The molecule has 1 rings (SSSR count). The number of esters is 1. The summed E-state index contributed by atoms with van der Waals surface area (Å²) in [5, 5.41) is 2.60. The van der Waals surface area contributed by atoms with E-state index in [1.165, 1.54) is 7.11 Å². The highest BCUT2D eigenvalue weighted by Gasteiger charge is 2.25. The van der Waals surface area contributed by atoms with Crippen LogP contribution in [0.25, 0.3) is 0 Å². The van der Waals surface area contributed by atoms with E-state index in [9.17, 15) is 9.59 Å². The molecular formula is C8H14N2O3. The molecule has 1 saturated heterocycles. The van der Waals surface area contributed by atoms with E-state index in [-0.39, 0.29) is 11.9 Å². The second-order valence-electron chi connectivity index (χ2n) is 3.16. The van der Waals surface area contributed by atoms with Gasteiger partial charge < -0.3 is 15.0 Å². The lowest BCUT2D eigenvalue weighted by Crippen LogP contribution is -2.44. The molecule has 0 aliphatic carbocycles. The van der Waals surface area contributed by atoms with E-state index < -0.39 is 6.04 Å². The Hall–Kier alpha value is -1.10. The van der Waals surface area contributed by atoms with Gasteiger partial charge in [0.15, 0.2) is 0 Å². The Balaban J connectivity index is 2.61. The lowest BCUT2D eigenvalue weighted by atomic mass is 10.3. The molecule has 5 nitrogen and oxygen atoms in total. The monoisotopic (exact) mass is 186 g/mol. The fourth-order valence-electron chi connectivity index (χ4n) is 1.28. The predicted molar refractivity (Wildman–Crippen MR) is 46.1 cm³/mol. The maximum Gasteiger partial charge on any atom is 0.329 e. The molecule has 0 aromatic carbocycles. The van der Waals surface area contributed by atoms with Crippen LogP contribution >= 0.6 is 0 Å². The van der Waals surface area contributed by atoms with Crippen molar-refractivity contribution >= 4 is 11.9 Å². The number of carbonyl (C=O) groups is 2. The maximum absolute atomic E-state index is 11.1. The number of amides is 1. The summed E-state index contributed by atoms with van der Waals surface area (Å²) in [4.78, 5) is 24.2. The number of carbonyl (C=O) groups excluding carboxylic acids is 2. The highest BCUT2D eigenvalue weighted by Crippen LogP contribution is 2.00. The number of rotatable bonds is 1. The number of nitrogens with one attached hydrogen (secondary N) is 1. The van der Waals surface area contributed by atoms with Crippen molar-refractivity contribution in [3.8, 4) is 0 Å². The largest absolute Gasteiger partial charge is 0.467 e. The van der Waals surface area contributed by atoms with Crippen molar-refractivity contribution in [1.29, 1.82) is 0 Å². The molecule has 0 radical (unpaired) electrons. The van der Waals surface area contributed by atoms with E-state index >= 15 is 0 Å². The third kappa shape index (κ3) is 2.69. The minimum Gasteiger partial charge on any atom is -0.467 e. The third-order valence-electron chi connectivity index (χ3n) is 2.04. The van der Waals surface area contributed by atoms with Crippen molar-refractivity contribution in [3.05, 3.63) is 0 Å². The van der Waals surface area contributed by atoms with Gasteiger partial charge in [-0.25, -0.2) is 4.79 Å². The van der Waals surface area contributed by atoms with Crippen molar-refractivity contribution in [1.82, 2.24) is 10.2 Å². The minimum absolute atomic E-state index is 0.0975. The molecule has 74 valence electrons. The summed E-state index contributed by atoms with van der Waals surface area (Å²) in [6.45, 7) is 1.19. The van der Waals surface area contributed by atoms with Crippen molar-refractivity contribution < 1.29 is 14.3 Å². The third-order valence-corrected chi connectivity index (χ3v) is 2.04. The van der Waals surface area contributed by atoms with Crippen LogP contribution in [-0.4, -0.2) is 50.1 Å². The van der Waals surface area contributed by atoms with E-state index in [1.807, 2.05) is 11.9 Å². The molecule has 0 aromatic heterocycles. The zero-order valence-corrected chi connectivity index (χ0v) is 7.87. The van der Waals surface area contributed by atoms with Gasteiger partial charge >= 0.3 is 5.97 Å². The van der Waals surface area contributed by atoms with Gasteiger partial charge in [0, 0.05) is 19.5 Å². The Kier molecular flexibility index (Phi) is 3.25. The van der Waals surface area contributed by atoms with Gasteiger partial charge in [0.1, 0.15) is 6.04 Å². The van der Waals surface area contributed by atoms with Crippen LogP contribution in [0.1, 0.15) is 6.42 Å². The number of hydrogen-bond acceptors (Lipinski definition) is 4. The zero-order valence-electron chi connectivity index (χ0n) is 7.87. The summed E-state index contributed by atoms with van der Waals surface area (Å²) in [6, 6.07) is -0.523. The van der Waals surface area contributed by atoms with Gasteiger partial charge in [0.05, 0.1) is 7.11 Å². The Morgan fingerprint density at radius 3 is 3.00 bits per heavy atom. The predicted octanol–water partition coefficient (Wildman–Crippen LogP) is -1.02. The van der Waals surface area contributed by atoms with E-state index in [2.05, 4.69) is 10.1 Å². The first kappa shape index (κ1) is 9.98. The summed E-state index contributed by atoms with van der Waals surface area (Å²) >= 11 is 0. The van der Waals surface area contributed by atoms with E-state index in [1.54, 1.807) is 0 Å². The first-order chi connectivity index (χ1) is 6.13. The van der Waals surface area contributed by atoms with Gasteiger partial charge in [0.2, 0.25) is 5.91 Å². The van der Waals surface area contributed by atoms with Crippen molar-refractivity contribution in [2.24, 2.45) is 0 Å². The minimum atomic E-state index is -0.523. The van der Waals surface area contributed by atoms with Crippen LogP contribution in [0.3, 0.4) is 0 Å². The van der Waals surface area contributed by atoms with Gasteiger partial charge in [-0.15, -0.1) is 0 Å². The Labute approximate surface area is 77.0 Å². The molecule has 1 fully saturated rings. The molecule has 1 amide bonds. The molecule has 5 heteroatoms. The average Bonchev–Trinajstić information content (AvgIpc) is 2.27. The molecule has 0 aromatic rings. The summed E-state index contributed by atoms with van der Waals surface area (Å²) in [5.74, 6) is -0.484. The van der Waals surface area contributed by atoms with Crippen LogP contribution in [0.4, 0.5) is 0 Å². The average molecular weight is 186 g/mol. The number of ether oxygens (including phenoxy) is 1.